The van der Waals surface area contributed by atoms with Crippen LogP contribution < -0.4 is 5.73 Å². The Morgan fingerprint density at radius 3 is 2.13 bits per heavy atom. The first-order valence-corrected chi connectivity index (χ1v) is 5.94. The highest BCUT2D eigenvalue weighted by Crippen LogP contribution is 2.29. The van der Waals surface area contributed by atoms with Gasteiger partial charge in [0, 0.05) is 5.69 Å². The van der Waals surface area contributed by atoms with E-state index in [1.54, 1.807) is 6.07 Å². The predicted molar refractivity (Wildman–Crippen MR) is 59.4 cm³/mol. The largest absolute Gasteiger partial charge is 0.398 e. The second-order valence-electron chi connectivity index (χ2n) is 4.47. The lowest BCUT2D eigenvalue weighted by atomic mass is 9.86. The van der Waals surface area contributed by atoms with E-state index in [4.69, 9.17) is 10.3 Å². The Kier molecular flexibility index (Phi) is 2.80. The Morgan fingerprint density at radius 2 is 1.80 bits per heavy atom. The number of anilines is 1. The molecule has 0 aliphatic rings. The summed E-state index contributed by atoms with van der Waals surface area (Å²) in [6, 6.07) is 4.25. The maximum absolute atomic E-state index is 10.8. The number of hydrogen-bond donors (Lipinski definition) is 2. The van der Waals surface area contributed by atoms with E-state index in [1.165, 1.54) is 12.1 Å². The van der Waals surface area contributed by atoms with Crippen LogP contribution in [-0.2, 0) is 15.5 Å². The normalized spacial score (nSPS) is 12.8. The van der Waals surface area contributed by atoms with Gasteiger partial charge < -0.3 is 5.73 Å². The van der Waals surface area contributed by atoms with Crippen molar-refractivity contribution in [3.05, 3.63) is 23.8 Å². The number of benzene rings is 1. The third-order valence-electron chi connectivity index (χ3n) is 2.13. The fourth-order valence-corrected chi connectivity index (χ4v) is 1.90. The summed E-state index contributed by atoms with van der Waals surface area (Å²) in [6.07, 6.45) is 0. The van der Waals surface area contributed by atoms with Crippen molar-refractivity contribution in [2.45, 2.75) is 31.1 Å². The number of hydrogen-bond acceptors (Lipinski definition) is 3. The van der Waals surface area contributed by atoms with Crippen molar-refractivity contribution in [3.8, 4) is 0 Å². The second-order valence-corrected chi connectivity index (χ2v) is 5.90. The molecule has 0 fully saturated rings. The quantitative estimate of drug-likeness (QED) is 0.568. The van der Waals surface area contributed by atoms with E-state index in [0.717, 1.165) is 5.56 Å². The van der Waals surface area contributed by atoms with Crippen LogP contribution in [0.2, 0.25) is 0 Å². The average molecular weight is 229 g/mol. The van der Waals surface area contributed by atoms with Crippen molar-refractivity contribution in [3.63, 3.8) is 0 Å². The summed E-state index contributed by atoms with van der Waals surface area (Å²) in [5, 5.41) is 0. The standard InChI is InChI=1S/C10H15NO3S/c1-10(2,3)8-5-4-7(6-9(8)11)15(12,13)14/h4-6H,11H2,1-3H3,(H,12,13,14). The van der Waals surface area contributed by atoms with Crippen molar-refractivity contribution in [1.82, 2.24) is 0 Å². The van der Waals surface area contributed by atoms with Gasteiger partial charge in [-0.3, -0.25) is 4.55 Å². The lowest BCUT2D eigenvalue weighted by Crippen LogP contribution is -2.14. The Bertz CT molecular complexity index is 472. The van der Waals surface area contributed by atoms with Crippen molar-refractivity contribution < 1.29 is 13.0 Å². The number of nitrogen functional groups attached to an aromatic ring is 1. The topological polar surface area (TPSA) is 80.4 Å². The van der Waals surface area contributed by atoms with Gasteiger partial charge in [0.05, 0.1) is 4.90 Å². The van der Waals surface area contributed by atoms with Gasteiger partial charge in [-0.15, -0.1) is 0 Å². The van der Waals surface area contributed by atoms with Gasteiger partial charge in [0.2, 0.25) is 0 Å². The molecule has 3 N–H and O–H groups in total. The second kappa shape index (κ2) is 3.50. The molecule has 0 aliphatic carbocycles. The lowest BCUT2D eigenvalue weighted by Gasteiger charge is -2.21. The van der Waals surface area contributed by atoms with Crippen molar-refractivity contribution in [2.75, 3.05) is 5.73 Å². The summed E-state index contributed by atoms with van der Waals surface area (Å²) in [5.41, 5.74) is 6.81. The van der Waals surface area contributed by atoms with Crippen LogP contribution in [0.1, 0.15) is 26.3 Å². The van der Waals surface area contributed by atoms with Crippen LogP contribution in [0.3, 0.4) is 0 Å². The zero-order chi connectivity index (χ0) is 11.9. The van der Waals surface area contributed by atoms with Crippen LogP contribution in [0, 0.1) is 0 Å². The molecule has 0 bridgehead atoms. The first-order chi connectivity index (χ1) is 6.62. The molecule has 0 saturated carbocycles. The number of rotatable bonds is 1. The van der Waals surface area contributed by atoms with Crippen molar-refractivity contribution in [1.29, 1.82) is 0 Å². The van der Waals surface area contributed by atoms with Crippen LogP contribution in [0.15, 0.2) is 23.1 Å². The molecule has 1 rings (SSSR count). The molecule has 1 aromatic rings. The molecule has 0 aromatic heterocycles. The van der Waals surface area contributed by atoms with Crippen LogP contribution in [0.25, 0.3) is 0 Å². The highest BCUT2D eigenvalue weighted by atomic mass is 32.2. The molecule has 84 valence electrons. The summed E-state index contributed by atoms with van der Waals surface area (Å²) < 4.78 is 30.5. The smallest absolute Gasteiger partial charge is 0.294 e. The summed E-state index contributed by atoms with van der Waals surface area (Å²) in [7, 11) is -4.17. The Balaban J connectivity index is 3.34. The summed E-state index contributed by atoms with van der Waals surface area (Å²) in [4.78, 5) is -0.173. The zero-order valence-electron chi connectivity index (χ0n) is 8.98. The predicted octanol–water partition coefficient (Wildman–Crippen LogP) is 1.81. The van der Waals surface area contributed by atoms with E-state index >= 15 is 0 Å². The van der Waals surface area contributed by atoms with Crippen molar-refractivity contribution >= 4 is 15.8 Å². The fourth-order valence-electron chi connectivity index (χ4n) is 1.38. The van der Waals surface area contributed by atoms with E-state index < -0.39 is 10.1 Å². The molecule has 15 heavy (non-hydrogen) atoms. The molecule has 0 spiro atoms. The van der Waals surface area contributed by atoms with E-state index in [2.05, 4.69) is 0 Å². The van der Waals surface area contributed by atoms with E-state index in [1.807, 2.05) is 20.8 Å². The molecule has 0 aliphatic heterocycles. The van der Waals surface area contributed by atoms with Gasteiger partial charge in [-0.1, -0.05) is 26.8 Å². The fraction of sp³-hybridized carbons (Fsp3) is 0.400. The molecule has 4 nitrogen and oxygen atoms in total. The minimum absolute atomic E-state index is 0.151. The molecule has 0 unspecified atom stereocenters. The Labute approximate surface area is 89.9 Å². The molecular formula is C10H15NO3S. The Hall–Kier alpha value is -1.07. The SMILES string of the molecule is CC(C)(C)c1ccc(S(=O)(=O)O)cc1N. The van der Waals surface area contributed by atoms with Crippen LogP contribution in [-0.4, -0.2) is 13.0 Å². The van der Waals surface area contributed by atoms with E-state index in [9.17, 15) is 8.42 Å². The number of nitrogens with two attached hydrogens (primary N) is 1. The Morgan fingerprint density at radius 1 is 1.27 bits per heavy atom. The van der Waals surface area contributed by atoms with Gasteiger partial charge in [0.1, 0.15) is 0 Å². The first kappa shape index (κ1) is 12.0. The molecule has 0 atom stereocenters. The van der Waals surface area contributed by atoms with Gasteiger partial charge in [-0.2, -0.15) is 8.42 Å². The van der Waals surface area contributed by atoms with Crippen molar-refractivity contribution in [2.24, 2.45) is 0 Å². The maximum atomic E-state index is 10.8. The van der Waals surface area contributed by atoms with Gasteiger partial charge in [0.15, 0.2) is 0 Å². The van der Waals surface area contributed by atoms with Crippen LogP contribution in [0.4, 0.5) is 5.69 Å². The molecule has 0 heterocycles. The van der Waals surface area contributed by atoms with Crippen LogP contribution in [0.5, 0.6) is 0 Å². The summed E-state index contributed by atoms with van der Waals surface area (Å²) in [6.45, 7) is 5.93. The van der Waals surface area contributed by atoms with E-state index in [-0.39, 0.29) is 10.3 Å². The monoisotopic (exact) mass is 229 g/mol. The van der Waals surface area contributed by atoms with Gasteiger partial charge in [-0.25, -0.2) is 0 Å². The summed E-state index contributed by atoms with van der Waals surface area (Å²) >= 11 is 0. The third-order valence-corrected chi connectivity index (χ3v) is 2.98. The molecule has 0 saturated heterocycles. The third kappa shape index (κ3) is 2.70. The molecule has 0 radical (unpaired) electrons. The molecule has 0 amide bonds. The minimum Gasteiger partial charge on any atom is -0.398 e. The lowest BCUT2D eigenvalue weighted by molar-refractivity contribution is 0.483. The molecular weight excluding hydrogens is 214 g/mol. The van der Waals surface area contributed by atoms with Gasteiger partial charge >= 0.3 is 0 Å². The van der Waals surface area contributed by atoms with Crippen LogP contribution >= 0.6 is 0 Å². The highest BCUT2D eigenvalue weighted by molar-refractivity contribution is 7.85. The summed E-state index contributed by atoms with van der Waals surface area (Å²) in [5.74, 6) is 0. The first-order valence-electron chi connectivity index (χ1n) is 4.50. The van der Waals surface area contributed by atoms with Gasteiger partial charge in [0.25, 0.3) is 10.1 Å². The maximum Gasteiger partial charge on any atom is 0.294 e. The zero-order valence-corrected chi connectivity index (χ0v) is 9.80. The molecule has 1 aromatic carbocycles. The molecule has 5 heteroatoms. The van der Waals surface area contributed by atoms with E-state index in [0.29, 0.717) is 5.69 Å². The minimum atomic E-state index is -4.17. The average Bonchev–Trinajstić information content (AvgIpc) is 1.99. The van der Waals surface area contributed by atoms with Gasteiger partial charge in [-0.05, 0) is 23.1 Å². The highest BCUT2D eigenvalue weighted by Gasteiger charge is 2.19.